The fourth-order valence-corrected chi connectivity index (χ4v) is 5.02. The van der Waals surface area contributed by atoms with Gasteiger partial charge in [-0.1, -0.05) is 0 Å². The van der Waals surface area contributed by atoms with E-state index in [4.69, 9.17) is 5.11 Å². The number of carbonyl (C=O) groups is 1. The third-order valence-corrected chi connectivity index (χ3v) is 6.53. The molecule has 1 amide bonds. The zero-order valence-corrected chi connectivity index (χ0v) is 16.2. The summed E-state index contributed by atoms with van der Waals surface area (Å²) in [5.74, 6) is 0.259. The molecule has 6 nitrogen and oxygen atoms in total. The van der Waals surface area contributed by atoms with Crippen molar-refractivity contribution >= 4 is 22.4 Å². The Kier molecular flexibility index (Phi) is 5.96. The van der Waals surface area contributed by atoms with E-state index in [-0.39, 0.29) is 17.9 Å². The molecule has 0 aliphatic carbocycles. The zero-order chi connectivity index (χ0) is 17.9. The zero-order valence-electron chi connectivity index (χ0n) is 15.4. The number of aromatic nitrogens is 1. The Hall–Kier alpha value is -1.18. The third kappa shape index (κ3) is 4.51. The van der Waals surface area contributed by atoms with Crippen LogP contribution in [-0.4, -0.2) is 72.7 Å². The maximum Gasteiger partial charge on any atom is 0.222 e. The Morgan fingerprint density at radius 3 is 2.92 bits per heavy atom. The van der Waals surface area contributed by atoms with E-state index in [9.17, 15) is 4.79 Å². The molecule has 2 aliphatic heterocycles. The lowest BCUT2D eigenvalue weighted by Crippen LogP contribution is -2.54. The molecule has 1 atom stereocenters. The van der Waals surface area contributed by atoms with Crippen LogP contribution in [0.5, 0.6) is 0 Å². The Balaban J connectivity index is 1.62. The molecule has 1 aromatic rings. The highest BCUT2D eigenvalue weighted by atomic mass is 32.1. The largest absolute Gasteiger partial charge is 0.396 e. The lowest BCUT2D eigenvalue weighted by molar-refractivity contribution is -0.139. The van der Waals surface area contributed by atoms with Gasteiger partial charge in [0.15, 0.2) is 5.13 Å². The van der Waals surface area contributed by atoms with Crippen LogP contribution < -0.4 is 4.90 Å². The van der Waals surface area contributed by atoms with Crippen LogP contribution in [0, 0.1) is 5.41 Å². The SMILES string of the molecule is CN(C)c1ncc(CN2CCC[C@@]3(CCC(=O)N(CCCO)C3)C2)s1. The van der Waals surface area contributed by atoms with Crippen molar-refractivity contribution in [3.8, 4) is 0 Å². The number of rotatable bonds is 6. The van der Waals surface area contributed by atoms with Crippen molar-refractivity contribution in [2.75, 3.05) is 51.8 Å². The first-order valence-electron chi connectivity index (χ1n) is 9.24. The van der Waals surface area contributed by atoms with Crippen LogP contribution >= 0.6 is 11.3 Å². The number of hydrogen-bond acceptors (Lipinski definition) is 6. The summed E-state index contributed by atoms with van der Waals surface area (Å²) < 4.78 is 0. The molecular weight excluding hydrogens is 336 g/mol. The van der Waals surface area contributed by atoms with Gasteiger partial charge in [0.05, 0.1) is 0 Å². The molecule has 1 aromatic heterocycles. The normalized spacial score (nSPS) is 24.9. The van der Waals surface area contributed by atoms with E-state index in [1.165, 1.54) is 17.7 Å². The average Bonchev–Trinajstić information content (AvgIpc) is 3.05. The second kappa shape index (κ2) is 8.01. The maximum atomic E-state index is 12.2. The summed E-state index contributed by atoms with van der Waals surface area (Å²) in [5, 5.41) is 10.1. The van der Waals surface area contributed by atoms with E-state index >= 15 is 0 Å². The van der Waals surface area contributed by atoms with Crippen LogP contribution in [-0.2, 0) is 11.3 Å². The van der Waals surface area contributed by atoms with E-state index in [0.717, 1.165) is 37.7 Å². The molecule has 140 valence electrons. The molecule has 2 fully saturated rings. The summed E-state index contributed by atoms with van der Waals surface area (Å²) in [4.78, 5) is 24.6. The Labute approximate surface area is 154 Å². The van der Waals surface area contributed by atoms with Crippen molar-refractivity contribution in [1.82, 2.24) is 14.8 Å². The summed E-state index contributed by atoms with van der Waals surface area (Å²) in [6.07, 6.45) is 6.74. The van der Waals surface area contributed by atoms with Gasteiger partial charge in [0.1, 0.15) is 0 Å². The number of thiazole rings is 1. The summed E-state index contributed by atoms with van der Waals surface area (Å²) in [6.45, 7) is 4.85. The molecule has 0 aromatic carbocycles. The highest BCUT2D eigenvalue weighted by Gasteiger charge is 2.41. The number of amides is 1. The van der Waals surface area contributed by atoms with Gasteiger partial charge in [0.2, 0.25) is 5.91 Å². The molecule has 0 unspecified atom stereocenters. The number of carbonyl (C=O) groups excluding carboxylic acids is 1. The Morgan fingerprint density at radius 2 is 2.20 bits per heavy atom. The highest BCUT2D eigenvalue weighted by molar-refractivity contribution is 7.15. The first kappa shape index (κ1) is 18.6. The van der Waals surface area contributed by atoms with E-state index < -0.39 is 0 Å². The average molecular weight is 367 g/mol. The smallest absolute Gasteiger partial charge is 0.222 e. The molecule has 0 saturated carbocycles. The summed E-state index contributed by atoms with van der Waals surface area (Å²) in [5.41, 5.74) is 0.233. The van der Waals surface area contributed by atoms with Gasteiger partial charge in [-0.25, -0.2) is 4.98 Å². The van der Waals surface area contributed by atoms with Crippen molar-refractivity contribution in [1.29, 1.82) is 0 Å². The third-order valence-electron chi connectivity index (χ3n) is 5.38. The van der Waals surface area contributed by atoms with Crippen molar-refractivity contribution in [3.05, 3.63) is 11.1 Å². The van der Waals surface area contributed by atoms with Gasteiger partial charge in [-0.05, 0) is 32.2 Å². The first-order valence-corrected chi connectivity index (χ1v) is 10.1. The number of anilines is 1. The molecule has 3 rings (SSSR count). The maximum absolute atomic E-state index is 12.2. The van der Waals surface area contributed by atoms with Gasteiger partial charge in [0, 0.05) is 69.8 Å². The van der Waals surface area contributed by atoms with Gasteiger partial charge in [-0.3, -0.25) is 9.69 Å². The number of aliphatic hydroxyl groups is 1. The van der Waals surface area contributed by atoms with Crippen LogP contribution in [0.1, 0.15) is 37.0 Å². The molecule has 25 heavy (non-hydrogen) atoms. The monoisotopic (exact) mass is 366 g/mol. The van der Waals surface area contributed by atoms with Crippen LogP contribution in [0.15, 0.2) is 6.20 Å². The van der Waals surface area contributed by atoms with E-state index in [2.05, 4.69) is 14.8 Å². The summed E-state index contributed by atoms with van der Waals surface area (Å²) in [7, 11) is 4.05. The van der Waals surface area contributed by atoms with Gasteiger partial charge < -0.3 is 14.9 Å². The first-order chi connectivity index (χ1) is 12.0. The standard InChI is InChI=1S/C18H30N4O2S/c1-20(2)17-19-11-15(25-17)12-21-8-3-6-18(13-21)7-5-16(24)22(14-18)9-4-10-23/h11,23H,3-10,12-14H2,1-2H3/t18-/m1/s1. The molecule has 3 heterocycles. The minimum atomic E-state index is 0.155. The molecular formula is C18H30N4O2S. The minimum absolute atomic E-state index is 0.155. The van der Waals surface area contributed by atoms with E-state index in [1.807, 2.05) is 25.2 Å². The van der Waals surface area contributed by atoms with Crippen LogP contribution in [0.3, 0.4) is 0 Å². The van der Waals surface area contributed by atoms with Gasteiger partial charge in [0.25, 0.3) is 0 Å². The molecule has 0 bridgehead atoms. The number of nitrogens with zero attached hydrogens (tertiary/aromatic N) is 4. The predicted octanol–water partition coefficient (Wildman–Crippen LogP) is 1.80. The molecule has 1 N–H and O–H groups in total. The molecule has 2 saturated heterocycles. The van der Waals surface area contributed by atoms with Crippen molar-refractivity contribution in [3.63, 3.8) is 0 Å². The number of hydrogen-bond donors (Lipinski definition) is 1. The van der Waals surface area contributed by atoms with Crippen molar-refractivity contribution < 1.29 is 9.90 Å². The molecule has 0 radical (unpaired) electrons. The predicted molar refractivity (Wildman–Crippen MR) is 101 cm³/mol. The minimum Gasteiger partial charge on any atom is -0.396 e. The van der Waals surface area contributed by atoms with E-state index in [0.29, 0.717) is 19.4 Å². The van der Waals surface area contributed by atoms with Gasteiger partial charge in [-0.15, -0.1) is 11.3 Å². The Bertz CT molecular complexity index is 591. The fourth-order valence-electron chi connectivity index (χ4n) is 4.14. The fraction of sp³-hybridized carbons (Fsp3) is 0.778. The summed E-state index contributed by atoms with van der Waals surface area (Å²) in [6, 6.07) is 0. The van der Waals surface area contributed by atoms with Crippen LogP contribution in [0.4, 0.5) is 5.13 Å². The van der Waals surface area contributed by atoms with Gasteiger partial charge >= 0.3 is 0 Å². The van der Waals surface area contributed by atoms with E-state index in [1.54, 1.807) is 11.3 Å². The van der Waals surface area contributed by atoms with Crippen molar-refractivity contribution in [2.45, 2.75) is 38.6 Å². The lowest BCUT2D eigenvalue weighted by Gasteiger charge is -2.48. The van der Waals surface area contributed by atoms with Gasteiger partial charge in [-0.2, -0.15) is 0 Å². The second-order valence-corrected chi connectivity index (χ2v) is 8.80. The number of aliphatic hydroxyl groups excluding tert-OH is 1. The molecule has 7 heteroatoms. The molecule has 1 spiro atoms. The second-order valence-electron chi connectivity index (χ2n) is 7.71. The highest BCUT2D eigenvalue weighted by Crippen LogP contribution is 2.39. The quantitative estimate of drug-likeness (QED) is 0.832. The topological polar surface area (TPSA) is 59.9 Å². The van der Waals surface area contributed by atoms with Crippen molar-refractivity contribution in [2.24, 2.45) is 5.41 Å². The summed E-state index contributed by atoms with van der Waals surface area (Å²) >= 11 is 1.76. The molecule has 2 aliphatic rings. The Morgan fingerprint density at radius 1 is 1.36 bits per heavy atom. The number of piperidine rings is 2. The lowest BCUT2D eigenvalue weighted by atomic mass is 9.73. The van der Waals surface area contributed by atoms with Crippen LogP contribution in [0.2, 0.25) is 0 Å². The van der Waals surface area contributed by atoms with Crippen LogP contribution in [0.25, 0.3) is 0 Å². The number of likely N-dealkylation sites (tertiary alicyclic amines) is 2.